The minimum Gasteiger partial charge on any atom is -0.310 e. The summed E-state index contributed by atoms with van der Waals surface area (Å²) in [6.45, 7) is 9.45. The first-order valence-corrected chi connectivity index (χ1v) is 8.92. The second-order valence-electron chi connectivity index (χ2n) is 5.71. The van der Waals surface area contributed by atoms with E-state index in [0.29, 0.717) is 5.54 Å². The van der Waals surface area contributed by atoms with Crippen LogP contribution in [0.4, 0.5) is 0 Å². The third kappa shape index (κ3) is 4.51. The summed E-state index contributed by atoms with van der Waals surface area (Å²) in [5, 5.41) is 3.78. The van der Waals surface area contributed by atoms with E-state index in [-0.39, 0.29) is 0 Å². The number of hydrogen-bond donors (Lipinski definition) is 1. The van der Waals surface area contributed by atoms with Gasteiger partial charge in [-0.2, -0.15) is 0 Å². The van der Waals surface area contributed by atoms with Crippen LogP contribution in [-0.4, -0.2) is 42.4 Å². The summed E-state index contributed by atoms with van der Waals surface area (Å²) in [4.78, 5) is 4.04. The summed E-state index contributed by atoms with van der Waals surface area (Å²) in [7, 11) is 0. The first-order valence-electron chi connectivity index (χ1n) is 7.93. The van der Waals surface area contributed by atoms with Crippen molar-refractivity contribution in [2.45, 2.75) is 43.5 Å². The van der Waals surface area contributed by atoms with E-state index in [2.05, 4.69) is 54.4 Å². The summed E-state index contributed by atoms with van der Waals surface area (Å²) in [6.07, 6.45) is 3.73. The minimum absolute atomic E-state index is 0.341. The average Bonchev–Trinajstić information content (AvgIpc) is 2.71. The predicted molar refractivity (Wildman–Crippen MR) is 89.5 cm³/mol. The molecule has 0 spiro atoms. The molecular formula is C17H28N2S. The van der Waals surface area contributed by atoms with Crippen LogP contribution in [0.25, 0.3) is 0 Å². The molecular weight excluding hydrogens is 264 g/mol. The molecule has 1 saturated heterocycles. The Morgan fingerprint density at radius 3 is 2.65 bits per heavy atom. The molecule has 1 fully saturated rings. The molecule has 1 aromatic rings. The molecule has 20 heavy (non-hydrogen) atoms. The second-order valence-corrected chi connectivity index (χ2v) is 6.87. The fourth-order valence-corrected chi connectivity index (χ4v) is 3.88. The minimum atomic E-state index is 0.341. The van der Waals surface area contributed by atoms with Crippen LogP contribution < -0.4 is 5.32 Å². The molecule has 1 aromatic carbocycles. The zero-order chi connectivity index (χ0) is 14.3. The third-order valence-corrected chi connectivity index (χ3v) is 5.44. The highest BCUT2D eigenvalue weighted by molar-refractivity contribution is 7.99. The molecule has 1 aliphatic heterocycles. The lowest BCUT2D eigenvalue weighted by atomic mass is 9.92. The maximum atomic E-state index is 3.78. The highest BCUT2D eigenvalue weighted by Crippen LogP contribution is 2.21. The Balaban J connectivity index is 1.82. The van der Waals surface area contributed by atoms with Crippen molar-refractivity contribution in [2.24, 2.45) is 0 Å². The molecule has 112 valence electrons. The van der Waals surface area contributed by atoms with Crippen LogP contribution in [-0.2, 0) is 0 Å². The van der Waals surface area contributed by atoms with Gasteiger partial charge >= 0.3 is 0 Å². The Bertz CT molecular complexity index is 376. The molecule has 0 unspecified atom stereocenters. The number of nitrogens with zero attached hydrogens (tertiary/aromatic N) is 1. The van der Waals surface area contributed by atoms with Crippen LogP contribution in [0.2, 0.25) is 0 Å². The molecule has 0 amide bonds. The Labute approximate surface area is 128 Å². The van der Waals surface area contributed by atoms with E-state index in [1.807, 2.05) is 11.8 Å². The van der Waals surface area contributed by atoms with Crippen molar-refractivity contribution in [3.05, 3.63) is 30.3 Å². The summed E-state index contributed by atoms with van der Waals surface area (Å²) in [6, 6.07) is 10.7. The van der Waals surface area contributed by atoms with Crippen LogP contribution >= 0.6 is 11.8 Å². The summed E-state index contributed by atoms with van der Waals surface area (Å²) >= 11 is 1.97. The molecule has 1 N–H and O–H groups in total. The highest BCUT2D eigenvalue weighted by Gasteiger charge is 2.29. The van der Waals surface area contributed by atoms with Gasteiger partial charge in [-0.3, -0.25) is 0 Å². The van der Waals surface area contributed by atoms with Gasteiger partial charge in [-0.1, -0.05) is 32.0 Å². The molecule has 0 aliphatic carbocycles. The smallest absolute Gasteiger partial charge is 0.0303 e. The van der Waals surface area contributed by atoms with Crippen molar-refractivity contribution in [1.82, 2.24) is 10.2 Å². The standard InChI is InChI=1S/C17H28N2S/c1-3-17(4-2)15-19(12-8-11-18-17)13-14-20-16-9-6-5-7-10-16/h5-7,9-10,18H,3-4,8,11-15H2,1-2H3. The van der Waals surface area contributed by atoms with Gasteiger partial charge in [-0.25, -0.2) is 0 Å². The van der Waals surface area contributed by atoms with Crippen molar-refractivity contribution >= 4 is 11.8 Å². The maximum absolute atomic E-state index is 3.78. The fourth-order valence-electron chi connectivity index (χ4n) is 2.94. The van der Waals surface area contributed by atoms with Crippen molar-refractivity contribution in [1.29, 1.82) is 0 Å². The molecule has 0 aromatic heterocycles. The van der Waals surface area contributed by atoms with Gasteiger partial charge in [-0.05, 0) is 44.5 Å². The zero-order valence-corrected chi connectivity index (χ0v) is 13.7. The summed E-state index contributed by atoms with van der Waals surface area (Å²) < 4.78 is 0. The van der Waals surface area contributed by atoms with Crippen molar-refractivity contribution in [2.75, 3.05) is 31.9 Å². The van der Waals surface area contributed by atoms with E-state index in [0.717, 1.165) is 0 Å². The van der Waals surface area contributed by atoms with E-state index < -0.39 is 0 Å². The molecule has 1 heterocycles. The Kier molecular flexibility index (Phi) is 6.40. The summed E-state index contributed by atoms with van der Waals surface area (Å²) in [5.41, 5.74) is 0.341. The zero-order valence-electron chi connectivity index (χ0n) is 12.9. The Morgan fingerprint density at radius 2 is 1.95 bits per heavy atom. The second kappa shape index (κ2) is 8.06. The Morgan fingerprint density at radius 1 is 1.20 bits per heavy atom. The Hall–Kier alpha value is -0.510. The van der Waals surface area contributed by atoms with Crippen molar-refractivity contribution in [3.8, 4) is 0 Å². The normalized spacial score (nSPS) is 19.7. The van der Waals surface area contributed by atoms with Gasteiger partial charge in [0.2, 0.25) is 0 Å². The van der Waals surface area contributed by atoms with Crippen molar-refractivity contribution in [3.63, 3.8) is 0 Å². The van der Waals surface area contributed by atoms with Crippen LogP contribution in [0.3, 0.4) is 0 Å². The number of rotatable bonds is 6. The lowest BCUT2D eigenvalue weighted by Gasteiger charge is -2.35. The topological polar surface area (TPSA) is 15.3 Å². The van der Waals surface area contributed by atoms with E-state index in [1.165, 1.54) is 56.1 Å². The van der Waals surface area contributed by atoms with Gasteiger partial charge in [-0.15, -0.1) is 11.8 Å². The molecule has 1 aliphatic rings. The largest absolute Gasteiger partial charge is 0.310 e. The third-order valence-electron chi connectivity index (χ3n) is 4.45. The van der Waals surface area contributed by atoms with E-state index in [4.69, 9.17) is 0 Å². The summed E-state index contributed by atoms with van der Waals surface area (Å²) in [5.74, 6) is 1.19. The quantitative estimate of drug-likeness (QED) is 0.806. The van der Waals surface area contributed by atoms with E-state index in [9.17, 15) is 0 Å². The monoisotopic (exact) mass is 292 g/mol. The fraction of sp³-hybridized carbons (Fsp3) is 0.647. The molecule has 2 rings (SSSR count). The lowest BCUT2D eigenvalue weighted by molar-refractivity contribution is 0.205. The van der Waals surface area contributed by atoms with Gasteiger partial charge in [0.05, 0.1) is 0 Å². The van der Waals surface area contributed by atoms with E-state index >= 15 is 0 Å². The lowest BCUT2D eigenvalue weighted by Crippen LogP contribution is -2.50. The highest BCUT2D eigenvalue weighted by atomic mass is 32.2. The molecule has 0 atom stereocenters. The number of hydrogen-bond acceptors (Lipinski definition) is 3. The van der Waals surface area contributed by atoms with Crippen LogP contribution in [0.15, 0.2) is 35.2 Å². The molecule has 0 saturated carbocycles. The van der Waals surface area contributed by atoms with Crippen LogP contribution in [0, 0.1) is 0 Å². The number of thioether (sulfide) groups is 1. The predicted octanol–water partition coefficient (Wildman–Crippen LogP) is 3.63. The van der Waals surface area contributed by atoms with E-state index in [1.54, 1.807) is 0 Å². The van der Waals surface area contributed by atoms with Gasteiger partial charge in [0.1, 0.15) is 0 Å². The van der Waals surface area contributed by atoms with Crippen molar-refractivity contribution < 1.29 is 0 Å². The first kappa shape index (κ1) is 15.9. The van der Waals surface area contributed by atoms with Gasteiger partial charge in [0, 0.05) is 29.3 Å². The van der Waals surface area contributed by atoms with Gasteiger partial charge in [0.15, 0.2) is 0 Å². The van der Waals surface area contributed by atoms with Crippen LogP contribution in [0.5, 0.6) is 0 Å². The first-order chi connectivity index (χ1) is 9.78. The molecule has 0 radical (unpaired) electrons. The number of benzene rings is 1. The van der Waals surface area contributed by atoms with Crippen LogP contribution in [0.1, 0.15) is 33.1 Å². The maximum Gasteiger partial charge on any atom is 0.0303 e. The molecule has 0 bridgehead atoms. The average molecular weight is 292 g/mol. The SMILES string of the molecule is CCC1(CC)CN(CCSc2ccccc2)CCCN1. The van der Waals surface area contributed by atoms with Gasteiger partial charge in [0.25, 0.3) is 0 Å². The molecule has 3 heteroatoms. The number of nitrogens with one attached hydrogen (secondary N) is 1. The molecule has 2 nitrogen and oxygen atoms in total. The van der Waals surface area contributed by atoms with Gasteiger partial charge < -0.3 is 10.2 Å².